The minimum absolute atomic E-state index is 0.0228. The Morgan fingerprint density at radius 3 is 2.17 bits per heavy atom. The van der Waals surface area contributed by atoms with Gasteiger partial charge in [-0.25, -0.2) is 9.40 Å². The maximum absolute atomic E-state index is 13.6. The predicted octanol–water partition coefficient (Wildman–Crippen LogP) is 3.99. The van der Waals surface area contributed by atoms with Crippen molar-refractivity contribution in [2.24, 2.45) is 0 Å². The van der Waals surface area contributed by atoms with Gasteiger partial charge < -0.3 is 5.32 Å². The van der Waals surface area contributed by atoms with E-state index in [9.17, 15) is 14.0 Å². The smallest absolute Gasteiger partial charge is 0.242 e. The zero-order valence-electron chi connectivity index (χ0n) is 16.3. The lowest BCUT2D eigenvalue weighted by Crippen LogP contribution is -2.45. The maximum atomic E-state index is 13.6. The average molecular weight is 403 g/mol. The Hall–Kier alpha value is -3.51. The highest BCUT2D eigenvalue weighted by Gasteiger charge is 2.31. The number of hydrogen-bond donors (Lipinski definition) is 2. The first-order valence-electron chi connectivity index (χ1n) is 9.81. The predicted molar refractivity (Wildman–Crippen MR) is 113 cm³/mol. The van der Waals surface area contributed by atoms with Crippen LogP contribution in [0.15, 0.2) is 78.9 Å². The van der Waals surface area contributed by atoms with Gasteiger partial charge in [0.25, 0.3) is 0 Å². The van der Waals surface area contributed by atoms with Crippen molar-refractivity contribution in [3.05, 3.63) is 101 Å². The fourth-order valence-electron chi connectivity index (χ4n) is 3.65. The van der Waals surface area contributed by atoms with E-state index in [4.69, 9.17) is 0 Å². The number of nitrogens with one attached hydrogen (secondary N) is 2. The molecule has 0 aliphatic carbocycles. The Bertz CT molecular complexity index is 999. The topological polar surface area (TPSA) is 61.4 Å². The van der Waals surface area contributed by atoms with Crippen LogP contribution in [0.2, 0.25) is 0 Å². The van der Waals surface area contributed by atoms with E-state index >= 15 is 0 Å². The monoisotopic (exact) mass is 403 g/mol. The highest BCUT2D eigenvalue weighted by molar-refractivity contribution is 6.01. The molecule has 1 atom stereocenters. The lowest BCUT2D eigenvalue weighted by molar-refractivity contribution is -0.130. The van der Waals surface area contributed by atoms with Crippen LogP contribution in [-0.4, -0.2) is 16.8 Å². The molecule has 5 nitrogen and oxygen atoms in total. The van der Waals surface area contributed by atoms with Gasteiger partial charge in [-0.3, -0.25) is 15.0 Å². The second-order valence-corrected chi connectivity index (χ2v) is 7.34. The van der Waals surface area contributed by atoms with Gasteiger partial charge in [-0.15, -0.1) is 0 Å². The molecule has 6 heteroatoms. The van der Waals surface area contributed by atoms with Crippen LogP contribution in [0.4, 0.5) is 10.1 Å². The normalized spacial score (nSPS) is 15.4. The fraction of sp³-hybridized carbons (Fsp3) is 0.167. The molecule has 2 N–H and O–H groups in total. The van der Waals surface area contributed by atoms with Crippen LogP contribution in [0.25, 0.3) is 0 Å². The molecule has 0 fully saturated rings. The highest BCUT2D eigenvalue weighted by Crippen LogP contribution is 2.33. The minimum Gasteiger partial charge on any atom is -0.326 e. The first kappa shape index (κ1) is 19.8. The summed E-state index contributed by atoms with van der Waals surface area (Å²) in [5.74, 6) is -1.72. The first-order valence-corrected chi connectivity index (χ1v) is 9.81. The summed E-state index contributed by atoms with van der Waals surface area (Å²) in [6, 6.07) is 23.8. The fourth-order valence-corrected chi connectivity index (χ4v) is 3.65. The number of amides is 2. The number of carbonyl (C=O) groups is 2. The quantitative estimate of drug-likeness (QED) is 0.612. The Kier molecular flexibility index (Phi) is 5.86. The molecule has 0 radical (unpaired) electrons. The number of fused-ring (bicyclic) bond motifs is 1. The molecular weight excluding hydrogens is 381 g/mol. The molecule has 0 saturated heterocycles. The number of rotatable bonds is 6. The second-order valence-electron chi connectivity index (χ2n) is 7.34. The molecular formula is C24H22FN3O2. The molecule has 1 aliphatic heterocycles. The minimum atomic E-state index is -0.677. The Balaban J connectivity index is 1.56. The zero-order valence-corrected chi connectivity index (χ0v) is 16.3. The molecule has 3 aromatic carbocycles. The van der Waals surface area contributed by atoms with Crippen molar-refractivity contribution in [1.82, 2.24) is 10.4 Å². The summed E-state index contributed by atoms with van der Waals surface area (Å²) < 4.78 is 13.6. The Morgan fingerprint density at radius 1 is 0.967 bits per heavy atom. The van der Waals surface area contributed by atoms with Gasteiger partial charge in [-0.05, 0) is 28.8 Å². The third-order valence-corrected chi connectivity index (χ3v) is 5.07. The van der Waals surface area contributed by atoms with Crippen molar-refractivity contribution < 1.29 is 14.0 Å². The van der Waals surface area contributed by atoms with Crippen molar-refractivity contribution in [2.75, 3.05) is 5.32 Å². The zero-order chi connectivity index (χ0) is 20.9. The molecule has 30 heavy (non-hydrogen) atoms. The Morgan fingerprint density at radius 2 is 1.57 bits per heavy atom. The van der Waals surface area contributed by atoms with E-state index in [-0.39, 0.29) is 18.2 Å². The van der Waals surface area contributed by atoms with Gasteiger partial charge in [0.1, 0.15) is 5.82 Å². The van der Waals surface area contributed by atoms with Gasteiger partial charge in [0, 0.05) is 25.2 Å². The van der Waals surface area contributed by atoms with Gasteiger partial charge in [0.2, 0.25) is 11.8 Å². The maximum Gasteiger partial charge on any atom is 0.242 e. The van der Waals surface area contributed by atoms with Crippen molar-refractivity contribution in [3.63, 3.8) is 0 Å². The van der Waals surface area contributed by atoms with Gasteiger partial charge >= 0.3 is 0 Å². The lowest BCUT2D eigenvalue weighted by Gasteiger charge is -2.29. The van der Waals surface area contributed by atoms with Crippen LogP contribution in [-0.2, 0) is 22.7 Å². The summed E-state index contributed by atoms with van der Waals surface area (Å²) in [6.07, 6.45) is 0.0228. The molecule has 0 spiro atoms. The summed E-state index contributed by atoms with van der Waals surface area (Å²) in [7, 11) is 0. The van der Waals surface area contributed by atoms with Crippen LogP contribution in [0.5, 0.6) is 0 Å². The van der Waals surface area contributed by atoms with E-state index in [1.54, 1.807) is 6.07 Å². The number of anilines is 1. The van der Waals surface area contributed by atoms with Gasteiger partial charge in [-0.1, -0.05) is 66.7 Å². The average Bonchev–Trinajstić information content (AvgIpc) is 2.74. The van der Waals surface area contributed by atoms with Crippen LogP contribution in [0.3, 0.4) is 0 Å². The number of hydrogen-bond acceptors (Lipinski definition) is 3. The van der Waals surface area contributed by atoms with Crippen molar-refractivity contribution in [2.45, 2.75) is 25.4 Å². The molecule has 0 bridgehead atoms. The largest absolute Gasteiger partial charge is 0.326 e. The molecule has 0 aromatic heterocycles. The molecule has 1 heterocycles. The lowest BCUT2D eigenvalue weighted by atomic mass is 9.90. The van der Waals surface area contributed by atoms with Crippen molar-refractivity contribution >= 4 is 17.5 Å². The Labute approximate surface area is 174 Å². The molecule has 3 aromatic rings. The van der Waals surface area contributed by atoms with Gasteiger partial charge in [0.15, 0.2) is 0 Å². The van der Waals surface area contributed by atoms with E-state index in [2.05, 4.69) is 10.7 Å². The number of carbonyl (C=O) groups excluding carboxylic acids is 2. The van der Waals surface area contributed by atoms with E-state index in [1.165, 1.54) is 12.1 Å². The van der Waals surface area contributed by atoms with Crippen molar-refractivity contribution in [1.29, 1.82) is 0 Å². The molecule has 2 amide bonds. The molecule has 4 rings (SSSR count). The molecule has 0 unspecified atom stereocenters. The van der Waals surface area contributed by atoms with Gasteiger partial charge in [0.05, 0.1) is 5.92 Å². The summed E-state index contributed by atoms with van der Waals surface area (Å²) >= 11 is 0. The van der Waals surface area contributed by atoms with E-state index in [1.807, 2.05) is 65.7 Å². The van der Waals surface area contributed by atoms with Crippen molar-refractivity contribution in [3.8, 4) is 0 Å². The highest BCUT2D eigenvalue weighted by atomic mass is 19.1. The van der Waals surface area contributed by atoms with Crippen LogP contribution in [0, 0.1) is 5.82 Å². The summed E-state index contributed by atoms with van der Waals surface area (Å²) in [5, 5.41) is 4.48. The summed E-state index contributed by atoms with van der Waals surface area (Å²) in [4.78, 5) is 25.2. The number of nitrogens with zero attached hydrogens (tertiary/aromatic N) is 1. The van der Waals surface area contributed by atoms with Crippen LogP contribution in [0.1, 0.15) is 29.0 Å². The summed E-state index contributed by atoms with van der Waals surface area (Å²) in [5.41, 5.74) is 6.06. The van der Waals surface area contributed by atoms with Gasteiger partial charge in [-0.2, -0.15) is 0 Å². The third kappa shape index (κ3) is 4.72. The first-order chi connectivity index (χ1) is 14.6. The van der Waals surface area contributed by atoms with Crippen LogP contribution >= 0.6 is 0 Å². The third-order valence-electron chi connectivity index (χ3n) is 5.07. The van der Waals surface area contributed by atoms with E-state index in [0.717, 1.165) is 11.1 Å². The standard InChI is InChI=1S/C24H22FN3O2/c25-19-11-12-20-21(14-23(29)26-22(20)13-19)24(30)27-28(15-17-7-3-1-4-8-17)16-18-9-5-2-6-10-18/h1-13,21H,14-16H2,(H,26,29)(H,27,30)/t21-/m0/s1. The SMILES string of the molecule is O=C1C[C@H](C(=O)NN(Cc2ccccc2)Cc2ccccc2)c2ccc(F)cc2N1. The second kappa shape index (κ2) is 8.88. The number of halogens is 1. The van der Waals surface area contributed by atoms with E-state index in [0.29, 0.717) is 24.3 Å². The summed E-state index contributed by atoms with van der Waals surface area (Å²) in [6.45, 7) is 1.02. The molecule has 0 saturated carbocycles. The molecule has 1 aliphatic rings. The van der Waals surface area contributed by atoms with E-state index < -0.39 is 11.7 Å². The van der Waals surface area contributed by atoms with Crippen LogP contribution < -0.4 is 10.7 Å². The number of hydrazine groups is 1. The number of benzene rings is 3. The molecule has 152 valence electrons.